The van der Waals surface area contributed by atoms with Crippen LogP contribution in [-0.4, -0.2) is 37.7 Å². The molecule has 1 aromatic rings. The lowest BCUT2D eigenvalue weighted by Crippen LogP contribution is -2.50. The second kappa shape index (κ2) is 5.48. The van der Waals surface area contributed by atoms with Crippen LogP contribution in [0.15, 0.2) is 23.1 Å². The summed E-state index contributed by atoms with van der Waals surface area (Å²) >= 11 is 7.66. The number of aliphatic hydroxyl groups excluding tert-OH is 1. The molecule has 0 spiro atoms. The molecular weight excluding hydrogens is 258 g/mol. The molecule has 3 nitrogen and oxygen atoms in total. The predicted octanol–water partition coefficient (Wildman–Crippen LogP) is 2.48. The zero-order valence-corrected chi connectivity index (χ0v) is 11.3. The third-order valence-electron chi connectivity index (χ3n) is 2.97. The van der Waals surface area contributed by atoms with Crippen LogP contribution in [0.2, 0.25) is 5.02 Å². The monoisotopic (exact) mass is 273 g/mol. The van der Waals surface area contributed by atoms with Gasteiger partial charge in [-0.05, 0) is 24.5 Å². The summed E-state index contributed by atoms with van der Waals surface area (Å²) in [5.41, 5.74) is 0.891. The quantitative estimate of drug-likeness (QED) is 0.809. The van der Waals surface area contributed by atoms with Gasteiger partial charge in [0.1, 0.15) is 0 Å². The molecular formula is C12H16ClNO2S. The van der Waals surface area contributed by atoms with E-state index < -0.39 is 0 Å². The number of nitrogens with one attached hydrogen (secondary N) is 1. The molecule has 0 amide bonds. The summed E-state index contributed by atoms with van der Waals surface area (Å²) in [4.78, 5) is 1.16. The van der Waals surface area contributed by atoms with Crippen molar-refractivity contribution in [3.05, 3.63) is 23.2 Å². The molecule has 0 aliphatic carbocycles. The van der Waals surface area contributed by atoms with Crippen LogP contribution in [0.4, 0.5) is 5.69 Å². The maximum absolute atomic E-state index is 9.34. The molecule has 1 aliphatic heterocycles. The second-order valence-corrected chi connectivity index (χ2v) is 5.63. The van der Waals surface area contributed by atoms with E-state index >= 15 is 0 Å². The van der Waals surface area contributed by atoms with E-state index in [0.717, 1.165) is 10.6 Å². The van der Waals surface area contributed by atoms with Crippen LogP contribution >= 0.6 is 23.4 Å². The van der Waals surface area contributed by atoms with Crippen LogP contribution in [-0.2, 0) is 4.74 Å². The first-order valence-corrected chi connectivity index (χ1v) is 7.05. The molecule has 5 heteroatoms. The fourth-order valence-electron chi connectivity index (χ4n) is 1.74. The van der Waals surface area contributed by atoms with Crippen LogP contribution in [0.25, 0.3) is 0 Å². The number of hydrogen-bond acceptors (Lipinski definition) is 4. The highest BCUT2D eigenvalue weighted by atomic mass is 35.5. The average molecular weight is 274 g/mol. The van der Waals surface area contributed by atoms with Crippen LogP contribution in [0.1, 0.15) is 0 Å². The van der Waals surface area contributed by atoms with Crippen molar-refractivity contribution in [3.63, 3.8) is 0 Å². The molecule has 1 fully saturated rings. The molecule has 94 valence electrons. The Hall–Kier alpha value is -0.420. The minimum absolute atomic E-state index is 0.127. The number of halogens is 1. The van der Waals surface area contributed by atoms with Crippen LogP contribution in [0.5, 0.6) is 0 Å². The largest absolute Gasteiger partial charge is 0.396 e. The van der Waals surface area contributed by atoms with Crippen molar-refractivity contribution in [2.24, 2.45) is 5.41 Å². The lowest BCUT2D eigenvalue weighted by molar-refractivity contribution is -0.128. The normalized spacial score (nSPS) is 17.6. The Balaban J connectivity index is 2.05. The molecule has 1 aromatic carbocycles. The van der Waals surface area contributed by atoms with Crippen molar-refractivity contribution < 1.29 is 9.84 Å². The minimum Gasteiger partial charge on any atom is -0.396 e. The molecule has 0 aromatic heterocycles. The number of aliphatic hydroxyl groups is 1. The van der Waals surface area contributed by atoms with Crippen LogP contribution in [0, 0.1) is 5.41 Å². The topological polar surface area (TPSA) is 41.5 Å². The van der Waals surface area contributed by atoms with E-state index in [2.05, 4.69) is 5.32 Å². The fourth-order valence-corrected chi connectivity index (χ4v) is 2.47. The molecule has 0 saturated carbocycles. The van der Waals surface area contributed by atoms with Gasteiger partial charge in [0.05, 0.1) is 25.2 Å². The number of anilines is 1. The van der Waals surface area contributed by atoms with Crippen molar-refractivity contribution in [2.75, 3.05) is 37.9 Å². The summed E-state index contributed by atoms with van der Waals surface area (Å²) in [5.74, 6) is 0. The first-order valence-electron chi connectivity index (χ1n) is 5.45. The van der Waals surface area contributed by atoms with Gasteiger partial charge in [0.25, 0.3) is 0 Å². The van der Waals surface area contributed by atoms with Gasteiger partial charge >= 0.3 is 0 Å². The SMILES string of the molecule is CSc1ccc(Cl)cc1NCC1(CO)COC1. The highest BCUT2D eigenvalue weighted by molar-refractivity contribution is 7.98. The Morgan fingerprint density at radius 1 is 1.53 bits per heavy atom. The van der Waals surface area contributed by atoms with Crippen molar-refractivity contribution in [2.45, 2.75) is 4.90 Å². The van der Waals surface area contributed by atoms with E-state index in [1.165, 1.54) is 0 Å². The summed E-state index contributed by atoms with van der Waals surface area (Å²) < 4.78 is 5.17. The van der Waals surface area contributed by atoms with E-state index in [-0.39, 0.29) is 12.0 Å². The molecule has 0 unspecified atom stereocenters. The molecule has 17 heavy (non-hydrogen) atoms. The van der Waals surface area contributed by atoms with E-state index in [0.29, 0.717) is 24.8 Å². The summed E-state index contributed by atoms with van der Waals surface area (Å²) in [7, 11) is 0. The highest BCUT2D eigenvalue weighted by Gasteiger charge is 2.37. The van der Waals surface area contributed by atoms with Gasteiger partial charge in [-0.1, -0.05) is 11.6 Å². The van der Waals surface area contributed by atoms with Crippen molar-refractivity contribution >= 4 is 29.1 Å². The minimum atomic E-state index is -0.127. The average Bonchev–Trinajstić information content (AvgIpc) is 2.28. The first-order chi connectivity index (χ1) is 8.19. The Labute approximate surface area is 110 Å². The number of hydrogen-bond donors (Lipinski definition) is 2. The molecule has 0 bridgehead atoms. The lowest BCUT2D eigenvalue weighted by atomic mass is 9.87. The Kier molecular flexibility index (Phi) is 4.20. The summed E-state index contributed by atoms with van der Waals surface area (Å²) in [5, 5.41) is 13.4. The van der Waals surface area contributed by atoms with Crippen molar-refractivity contribution in [1.29, 1.82) is 0 Å². The standard InChI is InChI=1S/C12H16ClNO2S/c1-17-11-3-2-9(13)4-10(11)14-5-12(6-15)7-16-8-12/h2-4,14-15H,5-8H2,1H3. The molecule has 1 saturated heterocycles. The lowest BCUT2D eigenvalue weighted by Gasteiger charge is -2.40. The van der Waals surface area contributed by atoms with Gasteiger partial charge in [-0.25, -0.2) is 0 Å². The van der Waals surface area contributed by atoms with E-state index in [1.807, 2.05) is 24.5 Å². The summed E-state index contributed by atoms with van der Waals surface area (Å²) in [6.45, 7) is 2.09. The molecule has 0 atom stereocenters. The number of ether oxygens (including phenoxy) is 1. The molecule has 2 rings (SSSR count). The van der Waals surface area contributed by atoms with Gasteiger partial charge in [-0.3, -0.25) is 0 Å². The zero-order valence-electron chi connectivity index (χ0n) is 9.70. The van der Waals surface area contributed by atoms with E-state index in [4.69, 9.17) is 16.3 Å². The van der Waals surface area contributed by atoms with Gasteiger partial charge < -0.3 is 15.2 Å². The molecule has 2 N–H and O–H groups in total. The van der Waals surface area contributed by atoms with Gasteiger partial charge in [0.2, 0.25) is 0 Å². The van der Waals surface area contributed by atoms with Crippen LogP contribution < -0.4 is 5.32 Å². The van der Waals surface area contributed by atoms with Crippen LogP contribution in [0.3, 0.4) is 0 Å². The van der Waals surface area contributed by atoms with Gasteiger partial charge in [-0.15, -0.1) is 11.8 Å². The maximum Gasteiger partial charge on any atom is 0.0584 e. The Morgan fingerprint density at radius 2 is 2.29 bits per heavy atom. The number of rotatable bonds is 5. The summed E-state index contributed by atoms with van der Waals surface area (Å²) in [6, 6.07) is 5.79. The fraction of sp³-hybridized carbons (Fsp3) is 0.500. The predicted molar refractivity (Wildman–Crippen MR) is 72.1 cm³/mol. The van der Waals surface area contributed by atoms with Crippen molar-refractivity contribution in [3.8, 4) is 0 Å². The van der Waals surface area contributed by atoms with Gasteiger partial charge in [0.15, 0.2) is 0 Å². The highest BCUT2D eigenvalue weighted by Crippen LogP contribution is 2.31. The Morgan fingerprint density at radius 3 is 2.82 bits per heavy atom. The van der Waals surface area contributed by atoms with Gasteiger partial charge in [-0.2, -0.15) is 0 Å². The summed E-state index contributed by atoms with van der Waals surface area (Å²) in [6.07, 6.45) is 2.03. The van der Waals surface area contributed by atoms with E-state index in [9.17, 15) is 5.11 Å². The Bertz CT molecular complexity index is 391. The third kappa shape index (κ3) is 2.88. The smallest absolute Gasteiger partial charge is 0.0584 e. The molecule has 1 aliphatic rings. The zero-order chi connectivity index (χ0) is 12.3. The van der Waals surface area contributed by atoms with Crippen molar-refractivity contribution in [1.82, 2.24) is 0 Å². The molecule has 1 heterocycles. The molecule has 0 radical (unpaired) electrons. The third-order valence-corrected chi connectivity index (χ3v) is 4.00. The van der Waals surface area contributed by atoms with Gasteiger partial charge in [0, 0.05) is 22.2 Å². The second-order valence-electron chi connectivity index (χ2n) is 4.35. The number of thioether (sulfide) groups is 1. The maximum atomic E-state index is 9.34. The van der Waals surface area contributed by atoms with E-state index in [1.54, 1.807) is 11.8 Å². The first kappa shape index (κ1) is 13.0. The number of benzene rings is 1.